The van der Waals surface area contributed by atoms with Crippen LogP contribution in [0.1, 0.15) is 36.1 Å². The van der Waals surface area contributed by atoms with Gasteiger partial charge in [-0.2, -0.15) is 0 Å². The van der Waals surface area contributed by atoms with E-state index in [1.54, 1.807) is 26.4 Å². The summed E-state index contributed by atoms with van der Waals surface area (Å²) in [7, 11) is 3.23. The molecule has 0 atom stereocenters. The van der Waals surface area contributed by atoms with E-state index >= 15 is 0 Å². The summed E-state index contributed by atoms with van der Waals surface area (Å²) in [6, 6.07) is 6.37. The minimum atomic E-state index is -0.00373. The molecule has 5 rings (SSSR count). The maximum Gasteiger partial charge on any atom is 0.246 e. The van der Waals surface area contributed by atoms with Gasteiger partial charge in [0.15, 0.2) is 0 Å². The van der Waals surface area contributed by atoms with E-state index in [1.807, 2.05) is 29.3 Å². The van der Waals surface area contributed by atoms with Crippen LogP contribution in [-0.4, -0.2) is 85.2 Å². The number of amides is 1. The van der Waals surface area contributed by atoms with Crippen LogP contribution in [0.15, 0.2) is 30.5 Å². The third kappa shape index (κ3) is 5.27. The van der Waals surface area contributed by atoms with E-state index in [1.165, 1.54) is 19.3 Å². The molecule has 0 unspecified atom stereocenters. The summed E-state index contributed by atoms with van der Waals surface area (Å²) in [6.07, 6.45) is 11.0. The molecule has 8 nitrogen and oxygen atoms in total. The summed E-state index contributed by atoms with van der Waals surface area (Å²) in [5, 5.41) is 0. The number of nitrogens with zero attached hydrogens (tertiary/aromatic N) is 5. The van der Waals surface area contributed by atoms with Gasteiger partial charge in [-0.1, -0.05) is 6.42 Å². The van der Waals surface area contributed by atoms with E-state index in [0.29, 0.717) is 18.8 Å². The highest BCUT2D eigenvalue weighted by Crippen LogP contribution is 2.27. The fourth-order valence-electron chi connectivity index (χ4n) is 5.10. The Morgan fingerprint density at radius 1 is 1.03 bits per heavy atom. The second-order valence-corrected chi connectivity index (χ2v) is 9.52. The predicted octanol–water partition coefficient (Wildman–Crippen LogP) is 2.81. The SMILES string of the molecule is COc1ccc(C=CC(=O)N2CCc3cnc(N4CCN(C5CCC5)CC4)nc3CC2)c(OC)c1. The summed E-state index contributed by atoms with van der Waals surface area (Å²) in [4.78, 5) is 29.4. The molecule has 2 aliphatic heterocycles. The topological polar surface area (TPSA) is 71.0 Å². The minimum absolute atomic E-state index is 0.00373. The zero-order valence-corrected chi connectivity index (χ0v) is 20.8. The van der Waals surface area contributed by atoms with Crippen molar-refractivity contribution in [3.8, 4) is 11.5 Å². The summed E-state index contributed by atoms with van der Waals surface area (Å²) in [5.41, 5.74) is 3.07. The number of carbonyl (C=O) groups is 1. The monoisotopic (exact) mass is 477 g/mol. The molecule has 1 aliphatic carbocycles. The predicted molar refractivity (Wildman–Crippen MR) is 136 cm³/mol. The molecule has 1 saturated heterocycles. The van der Waals surface area contributed by atoms with Gasteiger partial charge >= 0.3 is 0 Å². The van der Waals surface area contributed by atoms with Crippen molar-refractivity contribution >= 4 is 17.9 Å². The average Bonchev–Trinajstić information content (AvgIpc) is 3.09. The Bertz CT molecular complexity index is 1080. The lowest BCUT2D eigenvalue weighted by Crippen LogP contribution is -2.52. The number of methoxy groups -OCH3 is 2. The van der Waals surface area contributed by atoms with Crippen LogP contribution in [0.25, 0.3) is 6.08 Å². The Hall–Kier alpha value is -3.13. The Labute approximate surface area is 207 Å². The Morgan fingerprint density at radius 2 is 1.83 bits per heavy atom. The van der Waals surface area contributed by atoms with Gasteiger partial charge in [0, 0.05) is 75.6 Å². The highest BCUT2D eigenvalue weighted by atomic mass is 16.5. The number of fused-ring (bicyclic) bond motifs is 1. The molecule has 0 spiro atoms. The first-order chi connectivity index (χ1) is 17.1. The van der Waals surface area contributed by atoms with Crippen molar-refractivity contribution in [1.29, 1.82) is 0 Å². The van der Waals surface area contributed by atoms with Gasteiger partial charge in [0.1, 0.15) is 11.5 Å². The molecule has 1 amide bonds. The van der Waals surface area contributed by atoms with Crippen molar-refractivity contribution in [2.24, 2.45) is 0 Å². The van der Waals surface area contributed by atoms with Crippen LogP contribution in [0.3, 0.4) is 0 Å². The molecule has 2 fully saturated rings. The molecule has 8 heteroatoms. The molecule has 3 aliphatic rings. The van der Waals surface area contributed by atoms with E-state index in [0.717, 1.165) is 73.6 Å². The molecular formula is C27H35N5O3. The number of carbonyl (C=O) groups excluding carboxylic acids is 1. The van der Waals surface area contributed by atoms with Crippen LogP contribution >= 0.6 is 0 Å². The third-order valence-electron chi connectivity index (χ3n) is 7.56. The fourth-order valence-corrected chi connectivity index (χ4v) is 5.10. The number of piperazine rings is 1. The van der Waals surface area contributed by atoms with Crippen LogP contribution in [0.4, 0.5) is 5.95 Å². The fraction of sp³-hybridized carbons (Fsp3) is 0.519. The number of benzene rings is 1. The molecule has 1 saturated carbocycles. The molecule has 35 heavy (non-hydrogen) atoms. The lowest BCUT2D eigenvalue weighted by atomic mass is 9.91. The molecule has 2 aromatic rings. The minimum Gasteiger partial charge on any atom is -0.497 e. The van der Waals surface area contributed by atoms with Crippen LogP contribution in [-0.2, 0) is 17.6 Å². The van der Waals surface area contributed by atoms with Gasteiger partial charge in [0.05, 0.1) is 19.9 Å². The first-order valence-electron chi connectivity index (χ1n) is 12.7. The van der Waals surface area contributed by atoms with Crippen molar-refractivity contribution in [3.05, 3.63) is 47.3 Å². The van der Waals surface area contributed by atoms with Crippen LogP contribution in [0.2, 0.25) is 0 Å². The molecule has 3 heterocycles. The highest BCUT2D eigenvalue weighted by Gasteiger charge is 2.29. The smallest absolute Gasteiger partial charge is 0.246 e. The van der Waals surface area contributed by atoms with Gasteiger partial charge in [0.2, 0.25) is 11.9 Å². The summed E-state index contributed by atoms with van der Waals surface area (Å²) in [5.74, 6) is 2.23. The second kappa shape index (κ2) is 10.6. The second-order valence-electron chi connectivity index (χ2n) is 9.52. The molecule has 0 bridgehead atoms. The highest BCUT2D eigenvalue weighted by molar-refractivity contribution is 5.92. The van der Waals surface area contributed by atoms with Gasteiger partial charge < -0.3 is 19.3 Å². The Balaban J connectivity index is 1.19. The molecule has 0 N–H and O–H groups in total. The van der Waals surface area contributed by atoms with Crippen molar-refractivity contribution in [2.75, 3.05) is 58.4 Å². The van der Waals surface area contributed by atoms with Gasteiger partial charge in [0.25, 0.3) is 0 Å². The van der Waals surface area contributed by atoms with E-state index in [9.17, 15) is 4.79 Å². The van der Waals surface area contributed by atoms with Gasteiger partial charge in [-0.05, 0) is 43.0 Å². The normalized spacial score (nSPS) is 19.3. The number of ether oxygens (including phenoxy) is 2. The quantitative estimate of drug-likeness (QED) is 0.593. The zero-order chi connectivity index (χ0) is 24.2. The zero-order valence-electron chi connectivity index (χ0n) is 20.8. The standard InChI is InChI=1S/C27H35N5O3/c1-34-23-8-6-20(25(18-23)35-2)7-9-26(33)31-12-10-21-19-28-27(29-24(21)11-13-31)32-16-14-30(15-17-32)22-4-3-5-22/h6-9,18-19,22H,3-5,10-17H2,1-2H3. The number of aromatic nitrogens is 2. The number of rotatable bonds is 6. The van der Waals surface area contributed by atoms with Gasteiger partial charge in [-0.25, -0.2) is 9.97 Å². The number of hydrogen-bond acceptors (Lipinski definition) is 7. The van der Waals surface area contributed by atoms with E-state index < -0.39 is 0 Å². The summed E-state index contributed by atoms with van der Waals surface area (Å²) >= 11 is 0. The average molecular weight is 478 g/mol. The third-order valence-corrected chi connectivity index (χ3v) is 7.56. The summed E-state index contributed by atoms with van der Waals surface area (Å²) in [6.45, 7) is 5.48. The van der Waals surface area contributed by atoms with Crippen molar-refractivity contribution in [2.45, 2.75) is 38.1 Å². The lowest BCUT2D eigenvalue weighted by Gasteiger charge is -2.43. The van der Waals surface area contributed by atoms with Crippen LogP contribution in [0, 0.1) is 0 Å². The van der Waals surface area contributed by atoms with Crippen molar-refractivity contribution in [1.82, 2.24) is 19.8 Å². The Morgan fingerprint density at radius 3 is 2.54 bits per heavy atom. The molecule has 186 valence electrons. The van der Waals surface area contributed by atoms with E-state index in [-0.39, 0.29) is 5.91 Å². The molecule has 0 radical (unpaired) electrons. The largest absolute Gasteiger partial charge is 0.497 e. The molecule has 1 aromatic carbocycles. The lowest BCUT2D eigenvalue weighted by molar-refractivity contribution is -0.125. The van der Waals surface area contributed by atoms with Gasteiger partial charge in [-0.15, -0.1) is 0 Å². The first kappa shape index (κ1) is 23.6. The number of anilines is 1. The maximum atomic E-state index is 13.0. The number of hydrogen-bond donors (Lipinski definition) is 0. The maximum absolute atomic E-state index is 13.0. The van der Waals surface area contributed by atoms with Crippen molar-refractivity contribution in [3.63, 3.8) is 0 Å². The Kier molecular flexibility index (Phi) is 7.18. The van der Waals surface area contributed by atoms with Crippen molar-refractivity contribution < 1.29 is 14.3 Å². The van der Waals surface area contributed by atoms with E-state index in [2.05, 4.69) is 9.80 Å². The van der Waals surface area contributed by atoms with Gasteiger partial charge in [-0.3, -0.25) is 9.69 Å². The molecule has 1 aromatic heterocycles. The summed E-state index contributed by atoms with van der Waals surface area (Å²) < 4.78 is 10.7. The van der Waals surface area contributed by atoms with Crippen LogP contribution in [0.5, 0.6) is 11.5 Å². The first-order valence-corrected chi connectivity index (χ1v) is 12.7. The van der Waals surface area contributed by atoms with Crippen LogP contribution < -0.4 is 14.4 Å². The molecular weight excluding hydrogens is 442 g/mol. The van der Waals surface area contributed by atoms with E-state index in [4.69, 9.17) is 19.4 Å².